The molecule has 156 valence electrons. The lowest BCUT2D eigenvalue weighted by molar-refractivity contribution is -0.156. The maximum atomic E-state index is 12.2. The standard InChI is InChI=1S/C20H30N2O6/c1-15(19(25)21-11-5-3-6-12-21)27-17(23)9-10-18(24)28-16(2)20(26)22-13-7-4-8-14-22/h9-10,15-16H,3-8,11-14H2,1-2H3/b10-9+/t15-,16-/m0/s1. The Morgan fingerprint density at radius 1 is 0.643 bits per heavy atom. The van der Waals surface area contributed by atoms with Crippen molar-refractivity contribution >= 4 is 23.8 Å². The minimum atomic E-state index is -0.911. The van der Waals surface area contributed by atoms with Gasteiger partial charge in [0.25, 0.3) is 11.8 Å². The van der Waals surface area contributed by atoms with E-state index in [9.17, 15) is 19.2 Å². The number of esters is 2. The topological polar surface area (TPSA) is 93.2 Å². The SMILES string of the molecule is C[C@H](OC(=O)/C=C/C(=O)O[C@@H](C)C(=O)N1CCCCC1)C(=O)N1CCCCC1. The summed E-state index contributed by atoms with van der Waals surface area (Å²) in [5, 5.41) is 0. The highest BCUT2D eigenvalue weighted by molar-refractivity contribution is 5.94. The van der Waals surface area contributed by atoms with Crippen molar-refractivity contribution in [1.29, 1.82) is 0 Å². The van der Waals surface area contributed by atoms with Crippen LogP contribution < -0.4 is 0 Å². The molecule has 0 unspecified atom stereocenters. The molecule has 2 fully saturated rings. The number of carbonyl (C=O) groups is 4. The van der Waals surface area contributed by atoms with Gasteiger partial charge in [0.2, 0.25) is 0 Å². The van der Waals surface area contributed by atoms with Gasteiger partial charge in [-0.05, 0) is 52.4 Å². The molecule has 8 heteroatoms. The van der Waals surface area contributed by atoms with Crippen LogP contribution in [0, 0.1) is 0 Å². The van der Waals surface area contributed by atoms with E-state index in [4.69, 9.17) is 9.47 Å². The summed E-state index contributed by atoms with van der Waals surface area (Å²) < 4.78 is 10.1. The lowest BCUT2D eigenvalue weighted by Gasteiger charge is -2.28. The van der Waals surface area contributed by atoms with Crippen LogP contribution in [0.25, 0.3) is 0 Å². The summed E-state index contributed by atoms with van der Waals surface area (Å²) in [5.41, 5.74) is 0. The van der Waals surface area contributed by atoms with E-state index in [1.165, 1.54) is 13.8 Å². The van der Waals surface area contributed by atoms with Gasteiger partial charge in [0.1, 0.15) is 0 Å². The Labute approximate surface area is 165 Å². The third kappa shape index (κ3) is 6.65. The molecule has 0 spiro atoms. The number of piperidine rings is 2. The van der Waals surface area contributed by atoms with E-state index in [0.29, 0.717) is 26.2 Å². The molecule has 8 nitrogen and oxygen atoms in total. The third-order valence-corrected chi connectivity index (χ3v) is 4.97. The summed E-state index contributed by atoms with van der Waals surface area (Å²) in [6.45, 7) is 5.72. The van der Waals surface area contributed by atoms with Crippen molar-refractivity contribution in [3.05, 3.63) is 12.2 Å². The Balaban J connectivity index is 1.74. The zero-order valence-electron chi connectivity index (χ0n) is 16.7. The van der Waals surface area contributed by atoms with Crippen molar-refractivity contribution in [2.75, 3.05) is 26.2 Å². The molecule has 0 aromatic heterocycles. The van der Waals surface area contributed by atoms with Gasteiger partial charge in [-0.15, -0.1) is 0 Å². The largest absolute Gasteiger partial charge is 0.449 e. The first-order valence-corrected chi connectivity index (χ1v) is 10.1. The molecule has 2 aliphatic heterocycles. The summed E-state index contributed by atoms with van der Waals surface area (Å²) in [6, 6.07) is 0. The van der Waals surface area contributed by atoms with Gasteiger partial charge in [-0.3, -0.25) is 9.59 Å². The van der Waals surface area contributed by atoms with Gasteiger partial charge >= 0.3 is 11.9 Å². The van der Waals surface area contributed by atoms with E-state index in [1.807, 2.05) is 0 Å². The predicted molar refractivity (Wildman–Crippen MR) is 101 cm³/mol. The Kier molecular flexibility index (Phi) is 8.47. The maximum absolute atomic E-state index is 12.2. The molecule has 0 aromatic carbocycles. The fourth-order valence-corrected chi connectivity index (χ4v) is 3.41. The molecular formula is C20H30N2O6. The first kappa shape index (κ1) is 21.9. The molecule has 2 atom stereocenters. The van der Waals surface area contributed by atoms with Gasteiger partial charge in [-0.2, -0.15) is 0 Å². The number of rotatable bonds is 6. The number of nitrogens with zero attached hydrogens (tertiary/aromatic N) is 2. The smallest absolute Gasteiger partial charge is 0.331 e. The monoisotopic (exact) mass is 394 g/mol. The molecule has 0 bridgehead atoms. The molecule has 0 saturated carbocycles. The van der Waals surface area contributed by atoms with Gasteiger partial charge in [0, 0.05) is 38.3 Å². The number of amides is 2. The normalized spacial score (nSPS) is 19.8. The predicted octanol–water partition coefficient (Wildman–Crippen LogP) is 1.43. The van der Waals surface area contributed by atoms with Crippen LogP contribution in [0.1, 0.15) is 52.4 Å². The molecule has 2 saturated heterocycles. The highest BCUT2D eigenvalue weighted by Gasteiger charge is 2.26. The highest BCUT2D eigenvalue weighted by atomic mass is 16.6. The lowest BCUT2D eigenvalue weighted by atomic mass is 10.1. The van der Waals surface area contributed by atoms with Crippen molar-refractivity contribution < 1.29 is 28.7 Å². The van der Waals surface area contributed by atoms with Gasteiger partial charge in [-0.1, -0.05) is 0 Å². The fourth-order valence-electron chi connectivity index (χ4n) is 3.41. The minimum absolute atomic E-state index is 0.232. The van der Waals surface area contributed by atoms with Gasteiger partial charge in [0.05, 0.1) is 0 Å². The molecule has 0 aliphatic carbocycles. The Bertz CT molecular complexity index is 554. The molecule has 28 heavy (non-hydrogen) atoms. The summed E-state index contributed by atoms with van der Waals surface area (Å²) in [6.07, 6.45) is 6.01. The van der Waals surface area contributed by atoms with Crippen LogP contribution in [-0.2, 0) is 28.7 Å². The second-order valence-corrected chi connectivity index (χ2v) is 7.26. The average Bonchev–Trinajstić information content (AvgIpc) is 2.72. The molecule has 0 radical (unpaired) electrons. The van der Waals surface area contributed by atoms with Crippen LogP contribution in [0.3, 0.4) is 0 Å². The zero-order chi connectivity index (χ0) is 20.5. The van der Waals surface area contributed by atoms with Gasteiger partial charge < -0.3 is 19.3 Å². The van der Waals surface area contributed by atoms with Gasteiger partial charge in [0.15, 0.2) is 12.2 Å². The van der Waals surface area contributed by atoms with Gasteiger partial charge in [-0.25, -0.2) is 9.59 Å². The molecule has 2 heterocycles. The Hall–Kier alpha value is -2.38. The maximum Gasteiger partial charge on any atom is 0.331 e. The fraction of sp³-hybridized carbons (Fsp3) is 0.700. The molecule has 2 amide bonds. The highest BCUT2D eigenvalue weighted by Crippen LogP contribution is 2.12. The van der Waals surface area contributed by atoms with Crippen molar-refractivity contribution in [2.24, 2.45) is 0 Å². The number of likely N-dealkylation sites (tertiary alicyclic amines) is 2. The Morgan fingerprint density at radius 3 is 1.29 bits per heavy atom. The third-order valence-electron chi connectivity index (χ3n) is 4.97. The molecular weight excluding hydrogens is 364 g/mol. The number of hydrogen-bond donors (Lipinski definition) is 0. The molecule has 2 aliphatic rings. The van der Waals surface area contributed by atoms with Crippen molar-refractivity contribution in [2.45, 2.75) is 64.6 Å². The summed E-state index contributed by atoms with van der Waals surface area (Å²) in [5.74, 6) is -2.07. The van der Waals surface area contributed by atoms with Crippen molar-refractivity contribution in [1.82, 2.24) is 9.80 Å². The van der Waals surface area contributed by atoms with E-state index in [2.05, 4.69) is 0 Å². The lowest BCUT2D eigenvalue weighted by Crippen LogP contribution is -2.42. The molecule has 0 aromatic rings. The molecule has 2 rings (SSSR count). The molecule has 0 N–H and O–H groups in total. The number of carbonyl (C=O) groups excluding carboxylic acids is 4. The van der Waals surface area contributed by atoms with Crippen LogP contribution in [0.5, 0.6) is 0 Å². The minimum Gasteiger partial charge on any atom is -0.449 e. The quantitative estimate of drug-likeness (QED) is 0.500. The van der Waals surface area contributed by atoms with E-state index >= 15 is 0 Å². The first-order chi connectivity index (χ1) is 13.4. The number of ether oxygens (including phenoxy) is 2. The second-order valence-electron chi connectivity index (χ2n) is 7.26. The average molecular weight is 394 g/mol. The van der Waals surface area contributed by atoms with E-state index in [-0.39, 0.29) is 11.8 Å². The van der Waals surface area contributed by atoms with E-state index in [1.54, 1.807) is 9.80 Å². The first-order valence-electron chi connectivity index (χ1n) is 10.1. The summed E-state index contributed by atoms with van der Waals surface area (Å²) in [7, 11) is 0. The van der Waals surface area contributed by atoms with Crippen LogP contribution in [0.2, 0.25) is 0 Å². The van der Waals surface area contributed by atoms with Crippen LogP contribution in [-0.4, -0.2) is 71.9 Å². The van der Waals surface area contributed by atoms with Crippen LogP contribution in [0.15, 0.2) is 12.2 Å². The second kappa shape index (κ2) is 10.8. The van der Waals surface area contributed by atoms with Crippen LogP contribution in [0.4, 0.5) is 0 Å². The summed E-state index contributed by atoms with van der Waals surface area (Å²) >= 11 is 0. The van der Waals surface area contributed by atoms with Crippen LogP contribution >= 0.6 is 0 Å². The van der Waals surface area contributed by atoms with Crippen molar-refractivity contribution in [3.8, 4) is 0 Å². The Morgan fingerprint density at radius 2 is 0.964 bits per heavy atom. The number of hydrogen-bond acceptors (Lipinski definition) is 6. The van der Waals surface area contributed by atoms with E-state index in [0.717, 1.165) is 50.7 Å². The zero-order valence-corrected chi connectivity index (χ0v) is 16.7. The summed E-state index contributed by atoms with van der Waals surface area (Å²) in [4.78, 5) is 51.5. The van der Waals surface area contributed by atoms with E-state index < -0.39 is 24.1 Å². The van der Waals surface area contributed by atoms with Crippen molar-refractivity contribution in [3.63, 3.8) is 0 Å².